The minimum Gasteiger partial charge on any atom is -0.478 e. The zero-order chi connectivity index (χ0) is 14.0. The minimum atomic E-state index is -1.15. The van der Waals surface area contributed by atoms with Crippen LogP contribution in [-0.2, 0) is 0 Å². The molecule has 98 valence electrons. The van der Waals surface area contributed by atoms with E-state index < -0.39 is 5.97 Å². The van der Waals surface area contributed by atoms with Gasteiger partial charge in [0.1, 0.15) is 11.3 Å². The van der Waals surface area contributed by atoms with Gasteiger partial charge in [0.25, 0.3) is 0 Å². The van der Waals surface area contributed by atoms with Crippen molar-refractivity contribution in [3.63, 3.8) is 0 Å². The highest BCUT2D eigenvalue weighted by Crippen LogP contribution is 2.35. The number of nitrogens with two attached hydrogens (primary N) is 1. The summed E-state index contributed by atoms with van der Waals surface area (Å²) in [5.41, 5.74) is 5.76. The third kappa shape index (κ3) is 3.19. The molecule has 3 N–H and O–H groups in total. The molecule has 0 unspecified atom stereocenters. The molecule has 0 heterocycles. The average Bonchev–Trinajstić information content (AvgIpc) is 2.32. The number of nitrogen functional groups attached to an aromatic ring is 1. The molecule has 0 amide bonds. The van der Waals surface area contributed by atoms with E-state index in [0.717, 1.165) is 4.47 Å². The van der Waals surface area contributed by atoms with Gasteiger partial charge in [0.2, 0.25) is 0 Å². The van der Waals surface area contributed by atoms with E-state index in [-0.39, 0.29) is 22.0 Å². The van der Waals surface area contributed by atoms with Crippen LogP contribution >= 0.6 is 27.5 Å². The Morgan fingerprint density at radius 2 is 2.05 bits per heavy atom. The number of carboxylic acid groups (broad SMARTS) is 1. The molecule has 19 heavy (non-hydrogen) atoms. The molecular weight excluding hydrogens is 334 g/mol. The molecule has 0 radical (unpaired) electrons. The number of anilines is 1. The standard InChI is InChI=1S/C13H9BrClNO3/c14-7-2-1-3-9(4-7)19-12-10(13(17)18)5-8(16)6-11(12)15/h1-6H,16H2,(H,17,18). The van der Waals surface area contributed by atoms with Crippen molar-refractivity contribution >= 4 is 39.2 Å². The molecule has 2 rings (SSSR count). The monoisotopic (exact) mass is 341 g/mol. The Labute approximate surface area is 122 Å². The number of aromatic carboxylic acids is 1. The number of halogens is 2. The largest absolute Gasteiger partial charge is 0.478 e. The fourth-order valence-electron chi connectivity index (χ4n) is 1.53. The fourth-order valence-corrected chi connectivity index (χ4v) is 2.17. The Kier molecular flexibility index (Phi) is 3.97. The van der Waals surface area contributed by atoms with Gasteiger partial charge in [0.15, 0.2) is 5.75 Å². The van der Waals surface area contributed by atoms with Crippen LogP contribution in [0.3, 0.4) is 0 Å². The molecule has 0 atom stereocenters. The zero-order valence-electron chi connectivity index (χ0n) is 9.56. The lowest BCUT2D eigenvalue weighted by molar-refractivity contribution is 0.0694. The third-order valence-corrected chi connectivity index (χ3v) is 3.09. The number of benzene rings is 2. The molecule has 0 aliphatic rings. The zero-order valence-corrected chi connectivity index (χ0v) is 11.9. The number of carbonyl (C=O) groups is 1. The number of rotatable bonds is 3. The Bertz CT molecular complexity index is 646. The summed E-state index contributed by atoms with van der Waals surface area (Å²) < 4.78 is 6.35. The summed E-state index contributed by atoms with van der Waals surface area (Å²) in [6.07, 6.45) is 0. The Balaban J connectivity index is 2.47. The first-order valence-corrected chi connectivity index (χ1v) is 6.40. The molecule has 0 aromatic heterocycles. The van der Waals surface area contributed by atoms with Gasteiger partial charge in [-0.1, -0.05) is 33.6 Å². The lowest BCUT2D eigenvalue weighted by Crippen LogP contribution is -2.02. The lowest BCUT2D eigenvalue weighted by atomic mass is 10.2. The smallest absolute Gasteiger partial charge is 0.339 e. The van der Waals surface area contributed by atoms with Gasteiger partial charge in [0.05, 0.1) is 5.02 Å². The Morgan fingerprint density at radius 1 is 1.32 bits per heavy atom. The summed E-state index contributed by atoms with van der Waals surface area (Å²) in [6.45, 7) is 0. The van der Waals surface area contributed by atoms with Gasteiger partial charge in [-0.25, -0.2) is 4.79 Å². The van der Waals surface area contributed by atoms with Crippen molar-refractivity contribution in [3.8, 4) is 11.5 Å². The summed E-state index contributed by atoms with van der Waals surface area (Å²) in [4.78, 5) is 11.2. The molecule has 0 aliphatic heterocycles. The minimum absolute atomic E-state index is 0.0708. The van der Waals surface area contributed by atoms with Crippen LogP contribution in [0, 0.1) is 0 Å². The summed E-state index contributed by atoms with van der Waals surface area (Å²) in [5, 5.41) is 9.29. The topological polar surface area (TPSA) is 72.5 Å². The highest BCUT2D eigenvalue weighted by molar-refractivity contribution is 9.10. The van der Waals surface area contributed by atoms with Crippen LogP contribution in [0.2, 0.25) is 5.02 Å². The summed E-state index contributed by atoms with van der Waals surface area (Å²) in [7, 11) is 0. The molecule has 0 saturated heterocycles. The summed E-state index contributed by atoms with van der Waals surface area (Å²) >= 11 is 9.29. The summed E-state index contributed by atoms with van der Waals surface area (Å²) in [5.74, 6) is -0.607. The van der Waals surface area contributed by atoms with Crippen molar-refractivity contribution in [2.24, 2.45) is 0 Å². The van der Waals surface area contributed by atoms with E-state index in [4.69, 9.17) is 27.2 Å². The first kappa shape index (κ1) is 13.7. The SMILES string of the molecule is Nc1cc(Cl)c(Oc2cccc(Br)c2)c(C(=O)O)c1. The summed E-state index contributed by atoms with van der Waals surface area (Å²) in [6, 6.07) is 9.75. The predicted molar refractivity (Wildman–Crippen MR) is 77.0 cm³/mol. The van der Waals surface area contributed by atoms with Gasteiger partial charge in [-0.15, -0.1) is 0 Å². The fraction of sp³-hybridized carbons (Fsp3) is 0. The van der Waals surface area contributed by atoms with Crippen LogP contribution in [0.5, 0.6) is 11.5 Å². The highest BCUT2D eigenvalue weighted by Gasteiger charge is 2.17. The second-order valence-corrected chi connectivity index (χ2v) is 5.07. The van der Waals surface area contributed by atoms with Gasteiger partial charge >= 0.3 is 5.97 Å². The van der Waals surface area contributed by atoms with E-state index in [2.05, 4.69) is 15.9 Å². The van der Waals surface area contributed by atoms with E-state index >= 15 is 0 Å². The van der Waals surface area contributed by atoms with Crippen LogP contribution in [0.25, 0.3) is 0 Å². The molecule has 0 bridgehead atoms. The van der Waals surface area contributed by atoms with Crippen molar-refractivity contribution in [1.29, 1.82) is 0 Å². The first-order chi connectivity index (χ1) is 8.97. The number of ether oxygens (including phenoxy) is 1. The van der Waals surface area contributed by atoms with Crippen LogP contribution in [0.1, 0.15) is 10.4 Å². The molecule has 2 aromatic rings. The van der Waals surface area contributed by atoms with Crippen LogP contribution in [0.4, 0.5) is 5.69 Å². The number of hydrogen-bond donors (Lipinski definition) is 2. The normalized spacial score (nSPS) is 10.2. The predicted octanol–water partition coefficient (Wildman–Crippen LogP) is 4.18. The lowest BCUT2D eigenvalue weighted by Gasteiger charge is -2.11. The Hall–Kier alpha value is -1.72. The number of hydrogen-bond acceptors (Lipinski definition) is 3. The second kappa shape index (κ2) is 5.50. The maximum absolute atomic E-state index is 11.2. The van der Waals surface area contributed by atoms with E-state index in [1.165, 1.54) is 12.1 Å². The average molecular weight is 343 g/mol. The molecule has 6 heteroatoms. The Morgan fingerprint density at radius 3 is 2.68 bits per heavy atom. The van der Waals surface area contributed by atoms with Crippen molar-refractivity contribution in [3.05, 3.63) is 51.5 Å². The number of carboxylic acids is 1. The maximum atomic E-state index is 11.2. The van der Waals surface area contributed by atoms with Gasteiger partial charge in [-0.2, -0.15) is 0 Å². The first-order valence-electron chi connectivity index (χ1n) is 5.23. The molecule has 0 spiro atoms. The molecule has 2 aromatic carbocycles. The van der Waals surface area contributed by atoms with Crippen LogP contribution in [0.15, 0.2) is 40.9 Å². The van der Waals surface area contributed by atoms with E-state index in [9.17, 15) is 4.79 Å². The van der Waals surface area contributed by atoms with Crippen molar-refractivity contribution in [2.75, 3.05) is 5.73 Å². The van der Waals surface area contributed by atoms with E-state index in [1.54, 1.807) is 18.2 Å². The van der Waals surface area contributed by atoms with E-state index in [0.29, 0.717) is 5.75 Å². The van der Waals surface area contributed by atoms with Crippen molar-refractivity contribution in [2.45, 2.75) is 0 Å². The van der Waals surface area contributed by atoms with Gasteiger partial charge in [0, 0.05) is 10.2 Å². The van der Waals surface area contributed by atoms with E-state index in [1.807, 2.05) is 6.07 Å². The van der Waals surface area contributed by atoms with Crippen molar-refractivity contribution in [1.82, 2.24) is 0 Å². The quantitative estimate of drug-likeness (QED) is 0.821. The molecular formula is C13H9BrClNO3. The molecule has 0 aliphatic carbocycles. The van der Waals surface area contributed by atoms with Gasteiger partial charge < -0.3 is 15.6 Å². The van der Waals surface area contributed by atoms with Crippen molar-refractivity contribution < 1.29 is 14.6 Å². The molecule has 4 nitrogen and oxygen atoms in total. The third-order valence-electron chi connectivity index (χ3n) is 2.31. The molecule has 0 saturated carbocycles. The maximum Gasteiger partial charge on any atom is 0.339 e. The van der Waals surface area contributed by atoms with Crippen LogP contribution in [-0.4, -0.2) is 11.1 Å². The molecule has 0 fully saturated rings. The van der Waals surface area contributed by atoms with Crippen LogP contribution < -0.4 is 10.5 Å². The van der Waals surface area contributed by atoms with Gasteiger partial charge in [-0.05, 0) is 30.3 Å². The highest BCUT2D eigenvalue weighted by atomic mass is 79.9. The second-order valence-electron chi connectivity index (χ2n) is 3.74. The van der Waals surface area contributed by atoms with Gasteiger partial charge in [-0.3, -0.25) is 0 Å².